The first-order valence-electron chi connectivity index (χ1n) is 2.76. The molecule has 57 valence electrons. The SMILES string of the molecule is [CH2-]c1ccc([N+](=O)[O-])cc1.[V]. The van der Waals surface area contributed by atoms with Crippen LogP contribution in [-0.2, 0) is 18.6 Å². The Morgan fingerprint density at radius 2 is 1.73 bits per heavy atom. The largest absolute Gasteiger partial charge is 0.258 e. The number of nitro groups is 1. The maximum Gasteiger partial charge on any atom is 0.245 e. The van der Waals surface area contributed by atoms with Crippen molar-refractivity contribution in [1.29, 1.82) is 0 Å². The van der Waals surface area contributed by atoms with Crippen molar-refractivity contribution in [2.24, 2.45) is 0 Å². The third-order valence-corrected chi connectivity index (χ3v) is 1.15. The average molecular weight is 187 g/mol. The number of rotatable bonds is 1. The fourth-order valence-electron chi connectivity index (χ4n) is 0.618. The van der Waals surface area contributed by atoms with Gasteiger partial charge in [0.05, 0.1) is 4.92 Å². The van der Waals surface area contributed by atoms with Crippen LogP contribution in [0.25, 0.3) is 0 Å². The molecule has 0 bridgehead atoms. The fraction of sp³-hybridized carbons (Fsp3) is 0. The van der Waals surface area contributed by atoms with Crippen LogP contribution in [0, 0.1) is 17.0 Å². The Morgan fingerprint density at radius 3 is 2.09 bits per heavy atom. The Bertz CT molecular complexity index is 245. The van der Waals surface area contributed by atoms with Gasteiger partial charge in [-0.15, -0.1) is 0 Å². The molecule has 0 atom stereocenters. The summed E-state index contributed by atoms with van der Waals surface area (Å²) in [5.74, 6) is 0. The number of hydrogen-bond acceptors (Lipinski definition) is 2. The number of benzene rings is 1. The Balaban J connectivity index is 0.000001000. The summed E-state index contributed by atoms with van der Waals surface area (Å²) >= 11 is 0. The zero-order valence-electron chi connectivity index (χ0n) is 5.73. The summed E-state index contributed by atoms with van der Waals surface area (Å²) in [5, 5.41) is 10.1. The summed E-state index contributed by atoms with van der Waals surface area (Å²) in [5.41, 5.74) is 0.887. The third kappa shape index (κ3) is 2.66. The van der Waals surface area contributed by atoms with Crippen LogP contribution in [0.4, 0.5) is 5.69 Å². The van der Waals surface area contributed by atoms with Crippen molar-refractivity contribution in [1.82, 2.24) is 0 Å². The van der Waals surface area contributed by atoms with E-state index in [9.17, 15) is 10.1 Å². The Morgan fingerprint density at radius 1 is 1.27 bits per heavy atom. The van der Waals surface area contributed by atoms with Gasteiger partial charge < -0.3 is 0 Å². The number of nitro benzene ring substituents is 1. The van der Waals surface area contributed by atoms with Crippen LogP contribution in [0.3, 0.4) is 0 Å². The summed E-state index contributed by atoms with van der Waals surface area (Å²) in [7, 11) is 0. The molecule has 0 aliphatic heterocycles. The molecule has 4 heteroatoms. The van der Waals surface area contributed by atoms with E-state index >= 15 is 0 Å². The van der Waals surface area contributed by atoms with Gasteiger partial charge in [0.1, 0.15) is 0 Å². The van der Waals surface area contributed by atoms with Gasteiger partial charge in [0.2, 0.25) is 5.69 Å². The Hall–Kier alpha value is -0.926. The van der Waals surface area contributed by atoms with Gasteiger partial charge in [0.15, 0.2) is 0 Å². The summed E-state index contributed by atoms with van der Waals surface area (Å²) in [4.78, 5) is 9.67. The van der Waals surface area contributed by atoms with Gasteiger partial charge in [0, 0.05) is 18.6 Å². The number of hydrogen-bond donors (Lipinski definition) is 0. The van der Waals surface area contributed by atoms with Crippen LogP contribution >= 0.6 is 0 Å². The molecule has 0 amide bonds. The molecule has 0 spiro atoms. The molecule has 0 heterocycles. The fourth-order valence-corrected chi connectivity index (χ4v) is 0.618. The molecular formula is C7H6NO2V-. The molecule has 1 radical (unpaired) electrons. The van der Waals surface area contributed by atoms with E-state index in [1.807, 2.05) is 0 Å². The first-order chi connectivity index (χ1) is 4.70. The molecule has 0 aliphatic carbocycles. The van der Waals surface area contributed by atoms with Crippen LogP contribution in [0.5, 0.6) is 0 Å². The van der Waals surface area contributed by atoms with Crippen molar-refractivity contribution in [3.8, 4) is 0 Å². The monoisotopic (exact) mass is 187 g/mol. The minimum Gasteiger partial charge on any atom is -0.258 e. The van der Waals surface area contributed by atoms with E-state index in [-0.39, 0.29) is 24.2 Å². The van der Waals surface area contributed by atoms with Crippen molar-refractivity contribution < 1.29 is 23.5 Å². The molecule has 0 unspecified atom stereocenters. The van der Waals surface area contributed by atoms with Gasteiger partial charge in [-0.1, -0.05) is 0 Å². The number of nitrogens with zero attached hydrogens (tertiary/aromatic N) is 1. The van der Waals surface area contributed by atoms with E-state index in [0.29, 0.717) is 0 Å². The predicted octanol–water partition coefficient (Wildman–Crippen LogP) is 1.77. The molecule has 1 rings (SSSR count). The maximum absolute atomic E-state index is 10.1. The number of non-ortho nitro benzene ring substituents is 1. The minimum absolute atomic E-state index is 0. The summed E-state index contributed by atoms with van der Waals surface area (Å²) in [6.45, 7) is 3.60. The second-order valence-corrected chi connectivity index (χ2v) is 1.92. The summed E-state index contributed by atoms with van der Waals surface area (Å²) < 4.78 is 0. The Kier molecular flexibility index (Phi) is 3.72. The van der Waals surface area contributed by atoms with Gasteiger partial charge in [-0.2, -0.15) is 24.6 Å². The Labute approximate surface area is 76.5 Å². The van der Waals surface area contributed by atoms with Crippen molar-refractivity contribution in [3.63, 3.8) is 0 Å². The minimum atomic E-state index is -0.431. The molecular weight excluding hydrogens is 181 g/mol. The average Bonchev–Trinajstić information content (AvgIpc) is 1.88. The summed E-state index contributed by atoms with van der Waals surface area (Å²) in [6.07, 6.45) is 0. The zero-order chi connectivity index (χ0) is 7.56. The van der Waals surface area contributed by atoms with E-state index < -0.39 is 4.92 Å². The van der Waals surface area contributed by atoms with Crippen LogP contribution in [0.15, 0.2) is 24.3 Å². The molecule has 1 aromatic carbocycles. The van der Waals surface area contributed by atoms with E-state index in [1.165, 1.54) is 12.1 Å². The molecule has 1 aromatic rings. The van der Waals surface area contributed by atoms with Crippen molar-refractivity contribution in [3.05, 3.63) is 46.9 Å². The molecule has 0 saturated carbocycles. The predicted molar refractivity (Wildman–Crippen MR) is 37.6 cm³/mol. The van der Waals surface area contributed by atoms with Crippen molar-refractivity contribution >= 4 is 5.69 Å². The molecule has 0 aliphatic rings. The van der Waals surface area contributed by atoms with Gasteiger partial charge in [-0.05, 0) is 12.1 Å². The molecule has 0 N–H and O–H groups in total. The standard InChI is InChI=1S/C7H6NO2.V/c1-6-2-4-7(5-3-6)8(9)10;/h2-5H,1H2;/q-1;. The molecule has 3 nitrogen and oxygen atoms in total. The van der Waals surface area contributed by atoms with E-state index in [2.05, 4.69) is 6.92 Å². The van der Waals surface area contributed by atoms with E-state index in [4.69, 9.17) is 0 Å². The van der Waals surface area contributed by atoms with Crippen LogP contribution in [0.1, 0.15) is 5.56 Å². The van der Waals surface area contributed by atoms with E-state index in [1.54, 1.807) is 12.1 Å². The third-order valence-electron chi connectivity index (χ3n) is 1.15. The second kappa shape index (κ2) is 4.06. The second-order valence-electron chi connectivity index (χ2n) is 1.92. The van der Waals surface area contributed by atoms with Crippen LogP contribution in [0.2, 0.25) is 0 Å². The molecule has 0 saturated heterocycles. The zero-order valence-corrected chi connectivity index (χ0v) is 7.12. The first kappa shape index (κ1) is 10.1. The van der Waals surface area contributed by atoms with Gasteiger partial charge in [-0.25, -0.2) is 0 Å². The van der Waals surface area contributed by atoms with Gasteiger partial charge >= 0.3 is 0 Å². The van der Waals surface area contributed by atoms with Crippen molar-refractivity contribution in [2.45, 2.75) is 0 Å². The maximum atomic E-state index is 10.1. The quantitative estimate of drug-likeness (QED) is 0.382. The van der Waals surface area contributed by atoms with E-state index in [0.717, 1.165) is 5.56 Å². The first-order valence-corrected chi connectivity index (χ1v) is 2.76. The van der Waals surface area contributed by atoms with Crippen molar-refractivity contribution in [2.75, 3.05) is 0 Å². The van der Waals surface area contributed by atoms with Crippen LogP contribution in [-0.4, -0.2) is 4.92 Å². The molecule has 0 fully saturated rings. The normalized spacial score (nSPS) is 8.36. The summed E-state index contributed by atoms with van der Waals surface area (Å²) in [6, 6.07) is 6.08. The molecule has 0 aromatic heterocycles. The van der Waals surface area contributed by atoms with Crippen LogP contribution < -0.4 is 0 Å². The van der Waals surface area contributed by atoms with Gasteiger partial charge in [0.25, 0.3) is 0 Å². The van der Waals surface area contributed by atoms with Gasteiger partial charge in [-0.3, -0.25) is 10.1 Å². The topological polar surface area (TPSA) is 43.1 Å². The smallest absolute Gasteiger partial charge is 0.245 e. The molecule has 11 heavy (non-hydrogen) atoms.